The summed E-state index contributed by atoms with van der Waals surface area (Å²) in [6, 6.07) is 0. The number of likely N-dealkylation sites (tertiary alicyclic amines) is 1. The molecule has 0 radical (unpaired) electrons. The first-order valence-corrected chi connectivity index (χ1v) is 7.54. The number of carboxylic acid groups (broad SMARTS) is 1. The van der Waals surface area contributed by atoms with Crippen molar-refractivity contribution in [1.29, 1.82) is 0 Å². The lowest BCUT2D eigenvalue weighted by atomic mass is 9.98. The topological polar surface area (TPSA) is 91.8 Å². The number of piperidine rings is 1. The summed E-state index contributed by atoms with van der Waals surface area (Å²) < 4.78 is 21.9. The molecule has 1 rings (SSSR count). The molecule has 7 heteroatoms. The van der Waals surface area contributed by atoms with Crippen LogP contribution in [0.5, 0.6) is 0 Å². The Morgan fingerprint density at radius 2 is 2.06 bits per heavy atom. The number of rotatable bonds is 4. The van der Waals surface area contributed by atoms with Crippen LogP contribution >= 0.6 is 0 Å². The Labute approximate surface area is 101 Å². The van der Waals surface area contributed by atoms with Gasteiger partial charge in [0.25, 0.3) is 0 Å². The number of amides is 1. The zero-order valence-corrected chi connectivity index (χ0v) is 10.6. The number of hydrogen-bond acceptors (Lipinski definition) is 4. The van der Waals surface area contributed by atoms with Crippen molar-refractivity contribution in [3.63, 3.8) is 0 Å². The van der Waals surface area contributed by atoms with Crippen molar-refractivity contribution in [1.82, 2.24) is 4.90 Å². The number of sulfone groups is 1. The minimum atomic E-state index is -3.15. The quantitative estimate of drug-likeness (QED) is 0.754. The summed E-state index contributed by atoms with van der Waals surface area (Å²) in [7, 11) is -3.15. The third-order valence-corrected chi connectivity index (χ3v) is 3.76. The van der Waals surface area contributed by atoms with E-state index in [1.165, 1.54) is 4.90 Å². The molecule has 1 aliphatic heterocycles. The van der Waals surface area contributed by atoms with E-state index in [4.69, 9.17) is 5.11 Å². The van der Waals surface area contributed by atoms with E-state index in [1.807, 2.05) is 0 Å². The molecular formula is C10H17NO5S. The van der Waals surface area contributed by atoms with Gasteiger partial charge in [0.05, 0.1) is 11.7 Å². The van der Waals surface area contributed by atoms with Gasteiger partial charge in [0.1, 0.15) is 9.84 Å². The smallest absolute Gasteiger partial charge is 0.308 e. The van der Waals surface area contributed by atoms with E-state index in [-0.39, 0.29) is 24.6 Å². The third-order valence-electron chi connectivity index (χ3n) is 2.81. The minimum Gasteiger partial charge on any atom is -0.481 e. The zero-order chi connectivity index (χ0) is 13.1. The second-order valence-corrected chi connectivity index (χ2v) is 6.66. The molecule has 0 saturated carbocycles. The van der Waals surface area contributed by atoms with E-state index in [0.29, 0.717) is 19.4 Å². The number of hydrogen-bond donors (Lipinski definition) is 1. The first kappa shape index (κ1) is 14.0. The van der Waals surface area contributed by atoms with Crippen LogP contribution in [0.4, 0.5) is 0 Å². The predicted octanol–water partition coefficient (Wildman–Crippen LogP) is -0.256. The lowest BCUT2D eigenvalue weighted by Gasteiger charge is -2.30. The lowest BCUT2D eigenvalue weighted by Crippen LogP contribution is -2.42. The average Bonchev–Trinajstić information content (AvgIpc) is 2.25. The predicted molar refractivity (Wildman–Crippen MR) is 61.3 cm³/mol. The molecule has 0 aromatic rings. The molecule has 1 fully saturated rings. The largest absolute Gasteiger partial charge is 0.481 e. The summed E-state index contributed by atoms with van der Waals surface area (Å²) in [5.41, 5.74) is 0. The molecule has 0 bridgehead atoms. The van der Waals surface area contributed by atoms with Crippen molar-refractivity contribution >= 4 is 21.7 Å². The van der Waals surface area contributed by atoms with E-state index in [9.17, 15) is 18.0 Å². The van der Waals surface area contributed by atoms with E-state index >= 15 is 0 Å². The summed E-state index contributed by atoms with van der Waals surface area (Å²) in [4.78, 5) is 23.9. The maximum atomic E-state index is 11.7. The molecule has 0 aliphatic carbocycles. The van der Waals surface area contributed by atoms with Crippen LogP contribution < -0.4 is 0 Å². The Kier molecular flexibility index (Phi) is 4.50. The fourth-order valence-electron chi connectivity index (χ4n) is 1.84. The second kappa shape index (κ2) is 5.48. The normalized spacial score (nSPS) is 21.2. The van der Waals surface area contributed by atoms with Crippen LogP contribution in [0.1, 0.15) is 19.3 Å². The van der Waals surface area contributed by atoms with Crippen LogP contribution in [0.15, 0.2) is 0 Å². The molecule has 1 amide bonds. The number of carboxylic acids is 1. The average molecular weight is 263 g/mol. The van der Waals surface area contributed by atoms with Crippen molar-refractivity contribution in [3.8, 4) is 0 Å². The van der Waals surface area contributed by atoms with Gasteiger partial charge in [0.2, 0.25) is 5.91 Å². The standard InChI is InChI=1S/C10H17NO5S/c1-17(15,16)6-4-9(12)11-5-2-3-8(7-11)10(13)14/h8H,2-7H2,1H3,(H,13,14). The Morgan fingerprint density at radius 3 is 2.59 bits per heavy atom. The third kappa shape index (κ3) is 4.72. The van der Waals surface area contributed by atoms with Gasteiger partial charge < -0.3 is 10.0 Å². The molecule has 6 nitrogen and oxygen atoms in total. The zero-order valence-electron chi connectivity index (χ0n) is 9.76. The summed E-state index contributed by atoms with van der Waals surface area (Å²) >= 11 is 0. The van der Waals surface area contributed by atoms with Crippen LogP contribution in [-0.4, -0.2) is 55.4 Å². The van der Waals surface area contributed by atoms with Crippen molar-refractivity contribution in [2.24, 2.45) is 5.92 Å². The van der Waals surface area contributed by atoms with Crippen molar-refractivity contribution in [2.45, 2.75) is 19.3 Å². The Hall–Kier alpha value is -1.11. The molecule has 1 unspecified atom stereocenters. The van der Waals surface area contributed by atoms with Crippen LogP contribution in [0.25, 0.3) is 0 Å². The van der Waals surface area contributed by atoms with Crippen LogP contribution in [0.2, 0.25) is 0 Å². The van der Waals surface area contributed by atoms with Crippen molar-refractivity contribution in [2.75, 3.05) is 25.1 Å². The van der Waals surface area contributed by atoms with E-state index in [1.54, 1.807) is 0 Å². The lowest BCUT2D eigenvalue weighted by molar-refractivity contribution is -0.145. The van der Waals surface area contributed by atoms with Crippen molar-refractivity contribution < 1.29 is 23.1 Å². The fraction of sp³-hybridized carbons (Fsp3) is 0.800. The molecule has 17 heavy (non-hydrogen) atoms. The van der Waals surface area contributed by atoms with Gasteiger partial charge >= 0.3 is 5.97 Å². The number of aliphatic carboxylic acids is 1. The number of carbonyl (C=O) groups is 2. The SMILES string of the molecule is CS(=O)(=O)CCC(=O)N1CCCC(C(=O)O)C1. The molecule has 0 spiro atoms. The van der Waals surface area contributed by atoms with Crippen LogP contribution in [0, 0.1) is 5.92 Å². The van der Waals surface area contributed by atoms with Gasteiger partial charge in [0.15, 0.2) is 0 Å². The highest BCUT2D eigenvalue weighted by Crippen LogP contribution is 2.17. The van der Waals surface area contributed by atoms with Gasteiger partial charge in [-0.05, 0) is 12.8 Å². The van der Waals surface area contributed by atoms with Crippen LogP contribution in [0.3, 0.4) is 0 Å². The summed E-state index contributed by atoms with van der Waals surface area (Å²) in [6.07, 6.45) is 2.24. The van der Waals surface area contributed by atoms with E-state index in [2.05, 4.69) is 0 Å². The van der Waals surface area contributed by atoms with Gasteiger partial charge in [0, 0.05) is 25.8 Å². The molecule has 1 aliphatic rings. The molecule has 0 aromatic carbocycles. The molecule has 0 aromatic heterocycles. The highest BCUT2D eigenvalue weighted by Gasteiger charge is 2.28. The van der Waals surface area contributed by atoms with Gasteiger partial charge in [-0.2, -0.15) is 0 Å². The molecule has 1 N–H and O–H groups in total. The Morgan fingerprint density at radius 1 is 1.41 bits per heavy atom. The number of nitrogens with zero attached hydrogens (tertiary/aromatic N) is 1. The maximum Gasteiger partial charge on any atom is 0.308 e. The van der Waals surface area contributed by atoms with Crippen molar-refractivity contribution in [3.05, 3.63) is 0 Å². The Balaban J connectivity index is 2.49. The molecule has 1 saturated heterocycles. The van der Waals surface area contributed by atoms with E-state index < -0.39 is 21.7 Å². The molecule has 1 atom stereocenters. The maximum absolute atomic E-state index is 11.7. The van der Waals surface area contributed by atoms with Gasteiger partial charge in [-0.3, -0.25) is 9.59 Å². The highest BCUT2D eigenvalue weighted by molar-refractivity contribution is 7.90. The molecule has 98 valence electrons. The monoisotopic (exact) mass is 263 g/mol. The van der Waals surface area contributed by atoms with Gasteiger partial charge in [-0.15, -0.1) is 0 Å². The first-order chi connectivity index (χ1) is 7.79. The highest BCUT2D eigenvalue weighted by atomic mass is 32.2. The summed E-state index contributed by atoms with van der Waals surface area (Å²) in [6.45, 7) is 0.713. The van der Waals surface area contributed by atoms with E-state index in [0.717, 1.165) is 6.26 Å². The fourth-order valence-corrected chi connectivity index (χ4v) is 2.38. The summed E-state index contributed by atoms with van der Waals surface area (Å²) in [5.74, 6) is -1.88. The molecular weight excluding hydrogens is 246 g/mol. The first-order valence-electron chi connectivity index (χ1n) is 5.48. The van der Waals surface area contributed by atoms with Gasteiger partial charge in [-0.1, -0.05) is 0 Å². The molecule has 1 heterocycles. The second-order valence-electron chi connectivity index (χ2n) is 4.40. The summed E-state index contributed by atoms with van der Waals surface area (Å²) in [5, 5.41) is 8.86. The van der Waals surface area contributed by atoms with Gasteiger partial charge in [-0.25, -0.2) is 8.42 Å². The number of carbonyl (C=O) groups excluding carboxylic acids is 1. The Bertz CT molecular complexity index is 403. The van der Waals surface area contributed by atoms with Crippen LogP contribution in [-0.2, 0) is 19.4 Å². The minimum absolute atomic E-state index is 0.0643.